The minimum Gasteiger partial charge on any atom is -0.287 e. The molecule has 0 saturated carbocycles. The van der Waals surface area contributed by atoms with Crippen molar-refractivity contribution in [3.05, 3.63) is 0 Å². The van der Waals surface area contributed by atoms with E-state index in [2.05, 4.69) is 0 Å². The lowest BCUT2D eigenvalue weighted by molar-refractivity contribution is -0.113. The van der Waals surface area contributed by atoms with E-state index in [1.807, 2.05) is 0 Å². The second-order valence-electron chi connectivity index (χ2n) is 2.44. The van der Waals surface area contributed by atoms with Crippen molar-refractivity contribution < 1.29 is 9.59 Å². The van der Waals surface area contributed by atoms with E-state index in [0.29, 0.717) is 0 Å². The summed E-state index contributed by atoms with van der Waals surface area (Å²) >= 11 is 5.27. The predicted octanol–water partition coefficient (Wildman–Crippen LogP) is 2.46. The van der Waals surface area contributed by atoms with Gasteiger partial charge in [-0.1, -0.05) is 10.8 Å². The van der Waals surface area contributed by atoms with E-state index < -0.39 is 9.99 Å². The molecular weight excluding hydrogens is 204 g/mol. The van der Waals surface area contributed by atoms with Gasteiger partial charge in [-0.25, -0.2) is 0 Å². The van der Waals surface area contributed by atoms with Crippen LogP contribution < -0.4 is 0 Å². The lowest BCUT2D eigenvalue weighted by atomic mass is 10.2. The Morgan fingerprint density at radius 3 is 2.09 bits per heavy atom. The molecule has 0 rings (SSSR count). The topological polar surface area (TPSA) is 34.1 Å². The Labute approximate surface area is 78.8 Å². The minimum absolute atomic E-state index is 0.0269. The highest BCUT2D eigenvalue weighted by Crippen LogP contribution is 2.37. The minimum atomic E-state index is -0.683. The molecule has 0 amide bonds. The van der Waals surface area contributed by atoms with Crippen LogP contribution in [0.2, 0.25) is 0 Å². The van der Waals surface area contributed by atoms with Crippen molar-refractivity contribution in [2.75, 3.05) is 0 Å². The molecule has 0 aromatic carbocycles. The van der Waals surface area contributed by atoms with Crippen LogP contribution in [0.15, 0.2) is 0 Å². The molecule has 0 atom stereocenters. The molecule has 11 heavy (non-hydrogen) atoms. The third kappa shape index (κ3) is 4.71. The second-order valence-corrected chi connectivity index (χ2v) is 5.71. The maximum atomic E-state index is 10.7. The fourth-order valence-electron chi connectivity index (χ4n) is 0.196. The number of hydrogen-bond acceptors (Lipinski definition) is 4. The molecule has 0 saturated heterocycles. The molecular formula is C6H9ClO2S2. The van der Waals surface area contributed by atoms with E-state index in [1.54, 1.807) is 13.8 Å². The van der Waals surface area contributed by atoms with Gasteiger partial charge in [0.25, 0.3) is 0 Å². The Kier molecular flexibility index (Phi) is 4.51. The average molecular weight is 213 g/mol. The fraction of sp³-hybridized carbons (Fsp3) is 0.667. The van der Waals surface area contributed by atoms with Gasteiger partial charge >= 0.3 is 0 Å². The van der Waals surface area contributed by atoms with Gasteiger partial charge in [-0.2, -0.15) is 0 Å². The monoisotopic (exact) mass is 212 g/mol. The van der Waals surface area contributed by atoms with E-state index in [9.17, 15) is 9.59 Å². The summed E-state index contributed by atoms with van der Waals surface area (Å²) in [4.78, 5) is 21.2. The first-order valence-corrected chi connectivity index (χ1v) is 5.45. The molecule has 0 radical (unpaired) electrons. The maximum absolute atomic E-state index is 10.7. The smallest absolute Gasteiger partial charge is 0.238 e. The maximum Gasteiger partial charge on any atom is 0.238 e. The molecule has 64 valence electrons. The van der Waals surface area contributed by atoms with E-state index in [1.165, 1.54) is 17.7 Å². The summed E-state index contributed by atoms with van der Waals surface area (Å²) in [6.45, 7) is 4.82. The van der Waals surface area contributed by atoms with E-state index >= 15 is 0 Å². The Morgan fingerprint density at radius 2 is 1.82 bits per heavy atom. The van der Waals surface area contributed by atoms with Crippen LogP contribution in [0.1, 0.15) is 20.8 Å². The molecule has 0 aliphatic heterocycles. The van der Waals surface area contributed by atoms with Crippen LogP contribution in [-0.4, -0.2) is 15.1 Å². The van der Waals surface area contributed by atoms with Gasteiger partial charge in [0.05, 0.1) is 4.75 Å². The highest BCUT2D eigenvalue weighted by molar-refractivity contribution is 8.82. The molecule has 0 bridgehead atoms. The molecule has 0 aliphatic rings. The standard InChI is InChI=1S/C6H9ClO2S2/c1-4(8)10-11-6(2,3)5(7)9/h1-3H3. The number of rotatable bonds is 3. The second kappa shape index (κ2) is 4.38. The van der Waals surface area contributed by atoms with Gasteiger partial charge in [0, 0.05) is 6.92 Å². The quantitative estimate of drug-likeness (QED) is 0.532. The Morgan fingerprint density at radius 1 is 1.36 bits per heavy atom. The summed E-state index contributed by atoms with van der Waals surface area (Å²) in [6, 6.07) is 0. The lowest BCUT2D eigenvalue weighted by Crippen LogP contribution is -2.21. The predicted molar refractivity (Wildman–Crippen MR) is 50.8 cm³/mol. The Hall–Kier alpha value is 0.330. The molecule has 0 aromatic rings. The number of halogens is 1. The van der Waals surface area contributed by atoms with Crippen molar-refractivity contribution in [2.45, 2.75) is 25.5 Å². The van der Waals surface area contributed by atoms with Crippen molar-refractivity contribution in [3.8, 4) is 0 Å². The Bertz CT molecular complexity index is 179. The molecule has 0 unspecified atom stereocenters. The van der Waals surface area contributed by atoms with Crippen molar-refractivity contribution in [1.29, 1.82) is 0 Å². The molecule has 0 aromatic heterocycles. The van der Waals surface area contributed by atoms with E-state index in [4.69, 9.17) is 11.6 Å². The number of hydrogen-bond donors (Lipinski definition) is 0. The van der Waals surface area contributed by atoms with Crippen LogP contribution in [0.3, 0.4) is 0 Å². The summed E-state index contributed by atoms with van der Waals surface area (Å²) in [6.07, 6.45) is 0. The zero-order chi connectivity index (χ0) is 9.07. The summed E-state index contributed by atoms with van der Waals surface area (Å²) in [7, 11) is 2.22. The third-order valence-corrected chi connectivity index (χ3v) is 4.55. The molecule has 0 spiro atoms. The highest BCUT2D eigenvalue weighted by atomic mass is 35.5. The van der Waals surface area contributed by atoms with Crippen molar-refractivity contribution >= 4 is 43.5 Å². The van der Waals surface area contributed by atoms with Crippen LogP contribution in [-0.2, 0) is 9.59 Å². The normalized spacial score (nSPS) is 11.3. The first kappa shape index (κ1) is 11.3. The van der Waals surface area contributed by atoms with Crippen LogP contribution in [0.4, 0.5) is 0 Å². The van der Waals surface area contributed by atoms with Crippen molar-refractivity contribution in [2.24, 2.45) is 0 Å². The van der Waals surface area contributed by atoms with Gasteiger partial charge in [-0.3, -0.25) is 9.59 Å². The van der Waals surface area contributed by atoms with E-state index in [-0.39, 0.29) is 5.12 Å². The fourth-order valence-corrected chi connectivity index (χ4v) is 2.04. The van der Waals surface area contributed by atoms with Crippen LogP contribution in [0.25, 0.3) is 0 Å². The third-order valence-electron chi connectivity index (χ3n) is 0.841. The Balaban J connectivity index is 3.92. The molecule has 0 aliphatic carbocycles. The number of carbonyl (C=O) groups excluding carboxylic acids is 2. The van der Waals surface area contributed by atoms with Gasteiger partial charge < -0.3 is 0 Å². The van der Waals surface area contributed by atoms with Gasteiger partial charge in [0.2, 0.25) is 5.24 Å². The van der Waals surface area contributed by atoms with Crippen molar-refractivity contribution in [3.63, 3.8) is 0 Å². The SMILES string of the molecule is CC(=O)SSC(C)(C)C(=O)Cl. The van der Waals surface area contributed by atoms with Gasteiger partial charge in [-0.15, -0.1) is 0 Å². The van der Waals surface area contributed by atoms with Crippen LogP contribution in [0.5, 0.6) is 0 Å². The molecule has 2 nitrogen and oxygen atoms in total. The molecule has 0 heterocycles. The largest absolute Gasteiger partial charge is 0.287 e. The first-order chi connectivity index (χ1) is 4.86. The summed E-state index contributed by atoms with van der Waals surface area (Å²) < 4.78 is -0.683. The molecule has 0 N–H and O–H groups in total. The van der Waals surface area contributed by atoms with E-state index in [0.717, 1.165) is 10.8 Å². The summed E-state index contributed by atoms with van der Waals surface area (Å²) in [5, 5.41) is -0.461. The summed E-state index contributed by atoms with van der Waals surface area (Å²) in [5.41, 5.74) is 0. The van der Waals surface area contributed by atoms with Gasteiger partial charge in [0.1, 0.15) is 0 Å². The zero-order valence-electron chi connectivity index (χ0n) is 6.51. The number of carbonyl (C=O) groups is 2. The average Bonchev–Trinajstić information content (AvgIpc) is 1.84. The van der Waals surface area contributed by atoms with Gasteiger partial charge in [0.15, 0.2) is 5.12 Å². The summed E-state index contributed by atoms with van der Waals surface area (Å²) in [5.74, 6) is 0. The van der Waals surface area contributed by atoms with Crippen LogP contribution in [0, 0.1) is 0 Å². The molecule has 0 fully saturated rings. The first-order valence-electron chi connectivity index (χ1n) is 2.92. The molecule has 5 heteroatoms. The van der Waals surface area contributed by atoms with Crippen molar-refractivity contribution in [1.82, 2.24) is 0 Å². The van der Waals surface area contributed by atoms with Crippen LogP contribution >= 0.6 is 33.2 Å². The van der Waals surface area contributed by atoms with Gasteiger partial charge in [-0.05, 0) is 36.2 Å². The highest BCUT2D eigenvalue weighted by Gasteiger charge is 2.27. The zero-order valence-corrected chi connectivity index (χ0v) is 8.90. The lowest BCUT2D eigenvalue weighted by Gasteiger charge is -2.15.